The lowest BCUT2D eigenvalue weighted by atomic mass is 9.80. The number of aryl methyl sites for hydroxylation is 1. The van der Waals surface area contributed by atoms with Crippen LogP contribution in [0.3, 0.4) is 0 Å². The van der Waals surface area contributed by atoms with Gasteiger partial charge in [0.2, 0.25) is 10.0 Å². The Hall–Kier alpha value is -3.43. The first kappa shape index (κ1) is 25.2. The summed E-state index contributed by atoms with van der Waals surface area (Å²) < 4.78 is 27.9. The number of nitrogens with zero attached hydrogens (tertiary/aromatic N) is 3. The number of aromatic nitrogens is 3. The van der Waals surface area contributed by atoms with Crippen molar-refractivity contribution < 1.29 is 8.42 Å². The number of imidazole rings is 1. The summed E-state index contributed by atoms with van der Waals surface area (Å²) in [5.74, 6) is 0. The zero-order valence-electron chi connectivity index (χ0n) is 19.9. The predicted molar refractivity (Wildman–Crippen MR) is 148 cm³/mol. The zero-order valence-corrected chi connectivity index (χ0v) is 22.2. The van der Waals surface area contributed by atoms with Crippen LogP contribution >= 0.6 is 23.2 Å². The third kappa shape index (κ3) is 4.36. The van der Waals surface area contributed by atoms with Gasteiger partial charge in [-0.1, -0.05) is 53.5 Å². The summed E-state index contributed by atoms with van der Waals surface area (Å²) in [5.41, 5.74) is 9.14. The topological polar surface area (TPSA) is 100.0 Å². The number of fused-ring (bicyclic) bond motifs is 1. The highest BCUT2D eigenvalue weighted by Gasteiger charge is 2.37. The average molecular weight is 553 g/mol. The van der Waals surface area contributed by atoms with Gasteiger partial charge in [-0.3, -0.25) is 4.79 Å². The summed E-state index contributed by atoms with van der Waals surface area (Å²) in [5, 5.41) is 1.80. The van der Waals surface area contributed by atoms with Gasteiger partial charge in [0.05, 0.1) is 23.7 Å². The number of hydrogen-bond acceptors (Lipinski definition) is 5. The van der Waals surface area contributed by atoms with Crippen molar-refractivity contribution in [3.05, 3.63) is 123 Å². The Labute approximate surface area is 223 Å². The molecule has 0 saturated heterocycles. The second-order valence-corrected chi connectivity index (χ2v) is 11.6. The van der Waals surface area contributed by atoms with Gasteiger partial charge in [0, 0.05) is 28.5 Å². The first-order chi connectivity index (χ1) is 17.5. The SMILES string of the molecule is Cn1c(=O)cc(-c2cccc(Cl)c2)c2cc(C(N)(c3ccc(Cl)cc3)c3cncn3S(C)(=O)=O)ccc21. The van der Waals surface area contributed by atoms with E-state index in [0.717, 1.165) is 21.2 Å². The molecule has 0 amide bonds. The maximum atomic E-state index is 12.8. The molecule has 1 unspecified atom stereocenters. The number of pyridine rings is 1. The predicted octanol–water partition coefficient (Wildman–Crippen LogP) is 4.77. The minimum absolute atomic E-state index is 0.179. The first-order valence-corrected chi connectivity index (χ1v) is 13.8. The molecule has 3 aromatic carbocycles. The number of rotatable bonds is 5. The Morgan fingerprint density at radius 1 is 0.919 bits per heavy atom. The van der Waals surface area contributed by atoms with Crippen LogP contribution in [-0.4, -0.2) is 28.2 Å². The molecule has 0 radical (unpaired) electrons. The van der Waals surface area contributed by atoms with Crippen LogP contribution in [0, 0.1) is 0 Å². The van der Waals surface area contributed by atoms with Crippen LogP contribution in [0.15, 0.2) is 90.1 Å². The quantitative estimate of drug-likeness (QED) is 0.338. The van der Waals surface area contributed by atoms with E-state index in [4.69, 9.17) is 28.9 Å². The molecular weight excluding hydrogens is 531 g/mol. The lowest BCUT2D eigenvalue weighted by Gasteiger charge is -2.32. The Morgan fingerprint density at radius 2 is 1.62 bits per heavy atom. The van der Waals surface area contributed by atoms with E-state index in [9.17, 15) is 13.2 Å². The van der Waals surface area contributed by atoms with Crippen LogP contribution in [0.25, 0.3) is 22.0 Å². The van der Waals surface area contributed by atoms with Crippen molar-refractivity contribution in [2.24, 2.45) is 12.8 Å². The van der Waals surface area contributed by atoms with Crippen LogP contribution in [-0.2, 0) is 22.6 Å². The number of halogens is 2. The molecule has 5 rings (SSSR count). The van der Waals surface area contributed by atoms with E-state index in [1.165, 1.54) is 12.5 Å². The number of hydrogen-bond donors (Lipinski definition) is 1. The number of benzene rings is 3. The molecule has 0 saturated carbocycles. The largest absolute Gasteiger partial charge is 0.313 e. The molecule has 0 bridgehead atoms. The fraction of sp³-hybridized carbons (Fsp3) is 0.111. The van der Waals surface area contributed by atoms with E-state index in [1.54, 1.807) is 66.2 Å². The Kier molecular flexibility index (Phi) is 6.24. The van der Waals surface area contributed by atoms with Gasteiger partial charge in [0.15, 0.2) is 0 Å². The summed E-state index contributed by atoms with van der Waals surface area (Å²) in [6.45, 7) is 0. The molecule has 0 fully saturated rings. The Bertz CT molecular complexity index is 1830. The van der Waals surface area contributed by atoms with Gasteiger partial charge in [0.25, 0.3) is 5.56 Å². The van der Waals surface area contributed by atoms with Crippen molar-refractivity contribution >= 4 is 44.1 Å². The molecule has 10 heteroatoms. The van der Waals surface area contributed by atoms with Gasteiger partial charge in [-0.15, -0.1) is 0 Å². The molecular formula is C27H22Cl2N4O3S. The van der Waals surface area contributed by atoms with E-state index in [2.05, 4.69) is 4.98 Å². The summed E-state index contributed by atoms with van der Waals surface area (Å²) in [7, 11) is -2.03. The van der Waals surface area contributed by atoms with Crippen molar-refractivity contribution in [3.63, 3.8) is 0 Å². The highest BCUT2D eigenvalue weighted by molar-refractivity contribution is 7.89. The van der Waals surface area contributed by atoms with E-state index in [1.807, 2.05) is 18.2 Å². The molecule has 2 aromatic heterocycles. The first-order valence-electron chi connectivity index (χ1n) is 11.2. The molecule has 5 aromatic rings. The summed E-state index contributed by atoms with van der Waals surface area (Å²) in [6.07, 6.45) is 3.76. The van der Waals surface area contributed by atoms with Crippen LogP contribution in [0.2, 0.25) is 10.0 Å². The molecule has 1 atom stereocenters. The van der Waals surface area contributed by atoms with Gasteiger partial charge in [-0.25, -0.2) is 17.4 Å². The third-order valence-corrected chi connectivity index (χ3v) is 8.00. The van der Waals surface area contributed by atoms with Gasteiger partial charge < -0.3 is 10.3 Å². The smallest absolute Gasteiger partial charge is 0.251 e. The lowest BCUT2D eigenvalue weighted by Crippen LogP contribution is -2.42. The third-order valence-electron chi connectivity index (χ3n) is 6.50. The fourth-order valence-electron chi connectivity index (χ4n) is 4.60. The van der Waals surface area contributed by atoms with E-state index < -0.39 is 15.6 Å². The fourth-order valence-corrected chi connectivity index (χ4v) is 5.69. The van der Waals surface area contributed by atoms with Crippen molar-refractivity contribution in [2.45, 2.75) is 5.54 Å². The average Bonchev–Trinajstić information content (AvgIpc) is 3.37. The summed E-state index contributed by atoms with van der Waals surface area (Å²) >= 11 is 12.4. The standard InChI is InChI=1S/C27H22Cl2N4O3S/c1-32-24-11-8-19(13-23(24)22(14-26(32)34)17-4-3-5-21(29)12-17)27(30,18-6-9-20(28)10-7-18)25-15-31-16-33(25)37(2,35)36/h3-16H,30H2,1-2H3. The van der Waals surface area contributed by atoms with Crippen LogP contribution in [0.4, 0.5) is 0 Å². The summed E-state index contributed by atoms with van der Waals surface area (Å²) in [6, 6.07) is 21.2. The van der Waals surface area contributed by atoms with E-state index >= 15 is 0 Å². The van der Waals surface area contributed by atoms with Crippen LogP contribution in [0.5, 0.6) is 0 Å². The molecule has 0 spiro atoms. The summed E-state index contributed by atoms with van der Waals surface area (Å²) in [4.78, 5) is 16.9. The molecule has 7 nitrogen and oxygen atoms in total. The monoisotopic (exact) mass is 552 g/mol. The van der Waals surface area contributed by atoms with Crippen molar-refractivity contribution in [1.29, 1.82) is 0 Å². The molecule has 188 valence electrons. The molecule has 0 aliphatic rings. The maximum absolute atomic E-state index is 12.8. The Morgan fingerprint density at radius 3 is 2.30 bits per heavy atom. The van der Waals surface area contributed by atoms with Gasteiger partial charge >= 0.3 is 0 Å². The van der Waals surface area contributed by atoms with Gasteiger partial charge in [0.1, 0.15) is 11.9 Å². The minimum Gasteiger partial charge on any atom is -0.313 e. The molecule has 0 aliphatic carbocycles. The highest BCUT2D eigenvalue weighted by atomic mass is 35.5. The van der Waals surface area contributed by atoms with Crippen molar-refractivity contribution in [3.8, 4) is 11.1 Å². The molecule has 2 heterocycles. The zero-order chi connectivity index (χ0) is 26.5. The Balaban J connectivity index is 1.87. The normalized spacial score (nSPS) is 13.5. The molecule has 37 heavy (non-hydrogen) atoms. The second-order valence-electron chi connectivity index (χ2n) is 8.85. The van der Waals surface area contributed by atoms with E-state index in [0.29, 0.717) is 32.3 Å². The van der Waals surface area contributed by atoms with E-state index in [-0.39, 0.29) is 11.3 Å². The van der Waals surface area contributed by atoms with Gasteiger partial charge in [-0.2, -0.15) is 0 Å². The van der Waals surface area contributed by atoms with Crippen molar-refractivity contribution in [1.82, 2.24) is 13.5 Å². The molecule has 2 N–H and O–H groups in total. The molecule has 0 aliphatic heterocycles. The van der Waals surface area contributed by atoms with Crippen LogP contribution < -0.4 is 11.3 Å². The number of nitrogens with two attached hydrogens (primary N) is 1. The maximum Gasteiger partial charge on any atom is 0.251 e. The lowest BCUT2D eigenvalue weighted by molar-refractivity contribution is 0.575. The highest BCUT2D eigenvalue weighted by Crippen LogP contribution is 2.38. The van der Waals surface area contributed by atoms with Gasteiger partial charge in [-0.05, 0) is 58.7 Å². The second kappa shape index (κ2) is 9.15. The van der Waals surface area contributed by atoms with Crippen LogP contribution in [0.1, 0.15) is 16.8 Å². The van der Waals surface area contributed by atoms with Crippen molar-refractivity contribution in [2.75, 3.05) is 6.26 Å². The minimum atomic E-state index is -3.72.